The Kier molecular flexibility index (Phi) is 5.20. The van der Waals surface area contributed by atoms with Gasteiger partial charge in [-0.1, -0.05) is 48.2 Å². The molecule has 1 aromatic rings. The molecule has 0 radical (unpaired) electrons. The van der Waals surface area contributed by atoms with Crippen molar-refractivity contribution in [2.45, 2.75) is 32.2 Å². The molecular formula is C14H18Cl3N. The standard InChI is InChI=1S/C14H18Cl3N/c15-9-14(6-1-2-7-14)10-18-8-11-4-3-5-12(16)13(11)17/h3-5,18H,1-2,6-10H2. The normalized spacial score (nSPS) is 18.2. The molecule has 0 atom stereocenters. The zero-order valence-electron chi connectivity index (χ0n) is 10.3. The lowest BCUT2D eigenvalue weighted by Crippen LogP contribution is -2.33. The van der Waals surface area contributed by atoms with Gasteiger partial charge in [0.2, 0.25) is 0 Å². The first-order chi connectivity index (χ1) is 8.67. The van der Waals surface area contributed by atoms with Crippen molar-refractivity contribution < 1.29 is 0 Å². The van der Waals surface area contributed by atoms with E-state index in [-0.39, 0.29) is 5.41 Å². The molecule has 1 fully saturated rings. The van der Waals surface area contributed by atoms with Gasteiger partial charge in [0.05, 0.1) is 10.0 Å². The van der Waals surface area contributed by atoms with Gasteiger partial charge in [-0.15, -0.1) is 11.6 Å². The third kappa shape index (κ3) is 3.33. The molecule has 18 heavy (non-hydrogen) atoms. The SMILES string of the molecule is ClCC1(CNCc2cccc(Cl)c2Cl)CCCC1. The van der Waals surface area contributed by atoms with E-state index in [2.05, 4.69) is 5.32 Å². The zero-order valence-corrected chi connectivity index (χ0v) is 12.6. The first kappa shape index (κ1) is 14.5. The molecule has 100 valence electrons. The highest BCUT2D eigenvalue weighted by molar-refractivity contribution is 6.42. The summed E-state index contributed by atoms with van der Waals surface area (Å²) in [6.45, 7) is 1.71. The Hall–Kier alpha value is 0.0500. The third-order valence-electron chi connectivity index (χ3n) is 3.79. The van der Waals surface area contributed by atoms with Crippen LogP contribution in [0.15, 0.2) is 18.2 Å². The van der Waals surface area contributed by atoms with E-state index in [0.717, 1.165) is 24.5 Å². The van der Waals surface area contributed by atoms with E-state index in [1.54, 1.807) is 0 Å². The van der Waals surface area contributed by atoms with Gasteiger partial charge in [0.25, 0.3) is 0 Å². The van der Waals surface area contributed by atoms with E-state index in [4.69, 9.17) is 34.8 Å². The van der Waals surface area contributed by atoms with Crippen LogP contribution in [0.3, 0.4) is 0 Å². The van der Waals surface area contributed by atoms with Crippen LogP contribution >= 0.6 is 34.8 Å². The number of hydrogen-bond acceptors (Lipinski definition) is 1. The average Bonchev–Trinajstić information content (AvgIpc) is 2.84. The summed E-state index contributed by atoms with van der Waals surface area (Å²) in [7, 11) is 0. The number of benzene rings is 1. The molecule has 0 bridgehead atoms. The summed E-state index contributed by atoms with van der Waals surface area (Å²) >= 11 is 18.3. The van der Waals surface area contributed by atoms with Gasteiger partial charge in [-0.05, 0) is 29.9 Å². The summed E-state index contributed by atoms with van der Waals surface area (Å²) in [5, 5.41) is 4.74. The van der Waals surface area contributed by atoms with E-state index in [0.29, 0.717) is 10.0 Å². The van der Waals surface area contributed by atoms with Crippen molar-refractivity contribution in [3.05, 3.63) is 33.8 Å². The van der Waals surface area contributed by atoms with Gasteiger partial charge in [-0.2, -0.15) is 0 Å². The summed E-state index contributed by atoms with van der Waals surface area (Å²) in [5.41, 5.74) is 1.33. The molecule has 0 saturated heterocycles. The van der Waals surface area contributed by atoms with Gasteiger partial charge in [0.1, 0.15) is 0 Å². The minimum atomic E-state index is 0.284. The van der Waals surface area contributed by atoms with E-state index >= 15 is 0 Å². The minimum Gasteiger partial charge on any atom is -0.312 e. The highest BCUT2D eigenvalue weighted by Gasteiger charge is 2.32. The summed E-state index contributed by atoms with van der Waals surface area (Å²) in [6, 6.07) is 5.74. The molecule has 0 aliphatic heterocycles. The first-order valence-corrected chi connectivity index (χ1v) is 7.65. The molecule has 0 aromatic heterocycles. The molecule has 1 aliphatic carbocycles. The van der Waals surface area contributed by atoms with E-state index < -0.39 is 0 Å². The topological polar surface area (TPSA) is 12.0 Å². The number of nitrogens with one attached hydrogen (secondary N) is 1. The van der Waals surface area contributed by atoms with Crippen LogP contribution in [0, 0.1) is 5.41 Å². The van der Waals surface area contributed by atoms with E-state index in [1.807, 2.05) is 18.2 Å². The second-order valence-electron chi connectivity index (χ2n) is 5.16. The lowest BCUT2D eigenvalue weighted by atomic mass is 9.88. The monoisotopic (exact) mass is 305 g/mol. The summed E-state index contributed by atoms with van der Waals surface area (Å²) < 4.78 is 0. The molecule has 1 saturated carbocycles. The number of alkyl halides is 1. The smallest absolute Gasteiger partial charge is 0.0637 e. The van der Waals surface area contributed by atoms with Crippen LogP contribution in [0.1, 0.15) is 31.2 Å². The van der Waals surface area contributed by atoms with Gasteiger partial charge in [-0.25, -0.2) is 0 Å². The summed E-state index contributed by atoms with van der Waals surface area (Å²) in [5.74, 6) is 0.739. The molecular weight excluding hydrogens is 289 g/mol. The van der Waals surface area contributed by atoms with E-state index in [9.17, 15) is 0 Å². The second-order valence-corrected chi connectivity index (χ2v) is 6.21. The summed E-state index contributed by atoms with van der Waals surface area (Å²) in [4.78, 5) is 0. The van der Waals surface area contributed by atoms with Crippen molar-refractivity contribution in [2.75, 3.05) is 12.4 Å². The van der Waals surface area contributed by atoms with Crippen LogP contribution in [0.5, 0.6) is 0 Å². The molecule has 0 spiro atoms. The zero-order chi connectivity index (χ0) is 13.0. The largest absolute Gasteiger partial charge is 0.312 e. The molecule has 0 heterocycles. The van der Waals surface area contributed by atoms with Gasteiger partial charge >= 0.3 is 0 Å². The average molecular weight is 307 g/mol. The van der Waals surface area contributed by atoms with Crippen LogP contribution in [-0.4, -0.2) is 12.4 Å². The predicted molar refractivity (Wildman–Crippen MR) is 79.8 cm³/mol. The van der Waals surface area contributed by atoms with E-state index in [1.165, 1.54) is 25.7 Å². The lowest BCUT2D eigenvalue weighted by molar-refractivity contribution is 0.320. The Bertz CT molecular complexity index is 400. The fourth-order valence-electron chi connectivity index (χ4n) is 2.63. The Morgan fingerprint density at radius 3 is 2.56 bits per heavy atom. The van der Waals surface area contributed by atoms with Gasteiger partial charge in [0, 0.05) is 19.0 Å². The van der Waals surface area contributed by atoms with Crippen LogP contribution in [0.25, 0.3) is 0 Å². The van der Waals surface area contributed by atoms with Crippen molar-refractivity contribution in [3.63, 3.8) is 0 Å². The first-order valence-electron chi connectivity index (χ1n) is 6.36. The van der Waals surface area contributed by atoms with Crippen molar-refractivity contribution in [2.24, 2.45) is 5.41 Å². The third-order valence-corrected chi connectivity index (χ3v) is 5.22. The predicted octanol–water partition coefficient (Wildman–Crippen LogP) is 4.88. The molecule has 1 aromatic carbocycles. The lowest BCUT2D eigenvalue weighted by Gasteiger charge is -2.26. The Morgan fingerprint density at radius 1 is 1.17 bits per heavy atom. The molecule has 1 aliphatic rings. The number of hydrogen-bond donors (Lipinski definition) is 1. The minimum absolute atomic E-state index is 0.284. The van der Waals surface area contributed by atoms with Crippen LogP contribution in [0.4, 0.5) is 0 Å². The Balaban J connectivity index is 1.90. The fraction of sp³-hybridized carbons (Fsp3) is 0.571. The summed E-state index contributed by atoms with van der Waals surface area (Å²) in [6.07, 6.45) is 5.05. The molecule has 2 rings (SSSR count). The second kappa shape index (κ2) is 6.47. The molecule has 1 nitrogen and oxygen atoms in total. The maximum Gasteiger partial charge on any atom is 0.0637 e. The molecule has 4 heteroatoms. The molecule has 0 unspecified atom stereocenters. The van der Waals surface area contributed by atoms with Crippen molar-refractivity contribution in [1.29, 1.82) is 0 Å². The number of rotatable bonds is 5. The van der Waals surface area contributed by atoms with Crippen LogP contribution < -0.4 is 5.32 Å². The maximum atomic E-state index is 6.16. The highest BCUT2D eigenvalue weighted by Crippen LogP contribution is 2.38. The Labute approximate surface area is 124 Å². The van der Waals surface area contributed by atoms with Gasteiger partial charge in [-0.3, -0.25) is 0 Å². The highest BCUT2D eigenvalue weighted by atomic mass is 35.5. The Morgan fingerprint density at radius 2 is 1.89 bits per heavy atom. The van der Waals surface area contributed by atoms with Crippen molar-refractivity contribution in [1.82, 2.24) is 5.32 Å². The number of halogens is 3. The van der Waals surface area contributed by atoms with Gasteiger partial charge in [0.15, 0.2) is 0 Å². The maximum absolute atomic E-state index is 6.16. The molecule has 1 N–H and O–H groups in total. The van der Waals surface area contributed by atoms with Gasteiger partial charge < -0.3 is 5.32 Å². The van der Waals surface area contributed by atoms with Crippen LogP contribution in [-0.2, 0) is 6.54 Å². The van der Waals surface area contributed by atoms with Crippen LogP contribution in [0.2, 0.25) is 10.0 Å². The quantitative estimate of drug-likeness (QED) is 0.764. The van der Waals surface area contributed by atoms with Crippen molar-refractivity contribution in [3.8, 4) is 0 Å². The van der Waals surface area contributed by atoms with Crippen molar-refractivity contribution >= 4 is 34.8 Å². The fourth-order valence-corrected chi connectivity index (χ4v) is 3.38. The molecule has 0 amide bonds.